The predicted molar refractivity (Wildman–Crippen MR) is 132 cm³/mol. The van der Waals surface area contributed by atoms with E-state index in [9.17, 15) is 54.8 Å². The van der Waals surface area contributed by atoms with Crippen LogP contribution in [0.3, 0.4) is 0 Å². The molecular formula is C29H37F9O3. The maximum absolute atomic E-state index is 12.5. The molecular weight excluding hydrogens is 567 g/mol. The van der Waals surface area contributed by atoms with Crippen LogP contribution in [0.4, 0.5) is 39.5 Å². The Bertz CT molecular complexity index is 1040. The van der Waals surface area contributed by atoms with Crippen molar-refractivity contribution in [3.63, 3.8) is 0 Å². The first-order valence-corrected chi connectivity index (χ1v) is 14.0. The third kappa shape index (κ3) is 6.25. The lowest BCUT2D eigenvalue weighted by atomic mass is 9.79. The molecule has 6 bridgehead atoms. The molecule has 11 atom stereocenters. The fourth-order valence-corrected chi connectivity index (χ4v) is 7.55. The second-order valence-electron chi connectivity index (χ2n) is 13.2. The summed E-state index contributed by atoms with van der Waals surface area (Å²) in [6, 6.07) is 0. The summed E-state index contributed by atoms with van der Waals surface area (Å²) in [6.45, 7) is 1.77. The molecule has 6 rings (SSSR count). The molecule has 0 heterocycles. The first kappa shape index (κ1) is 32.4. The van der Waals surface area contributed by atoms with Crippen LogP contribution >= 0.6 is 0 Å². The molecule has 41 heavy (non-hydrogen) atoms. The van der Waals surface area contributed by atoms with E-state index in [1.54, 1.807) is 6.08 Å². The minimum atomic E-state index is -4.52. The Labute approximate surface area is 233 Å². The summed E-state index contributed by atoms with van der Waals surface area (Å²) >= 11 is 0. The van der Waals surface area contributed by atoms with Gasteiger partial charge in [0.2, 0.25) is 0 Å². The van der Waals surface area contributed by atoms with Crippen molar-refractivity contribution in [2.45, 2.75) is 94.1 Å². The normalized spacial score (nSPS) is 41.1. The fraction of sp³-hybridized carbons (Fsp3) is 0.793. The number of fused-ring (bicyclic) bond motifs is 6. The van der Waals surface area contributed by atoms with Gasteiger partial charge in [0.1, 0.15) is 0 Å². The van der Waals surface area contributed by atoms with Gasteiger partial charge in [0.05, 0.1) is 0 Å². The third-order valence-electron chi connectivity index (χ3n) is 10.1. The molecule has 0 saturated heterocycles. The van der Waals surface area contributed by atoms with Crippen LogP contribution < -0.4 is 0 Å². The number of halogens is 9. The molecule has 234 valence electrons. The van der Waals surface area contributed by atoms with Crippen molar-refractivity contribution in [1.29, 1.82) is 0 Å². The largest absolute Gasteiger partial charge is 0.417 e. The van der Waals surface area contributed by atoms with Crippen LogP contribution in [0.1, 0.15) is 58.8 Å². The van der Waals surface area contributed by atoms with E-state index in [1.165, 1.54) is 6.08 Å². The summed E-state index contributed by atoms with van der Waals surface area (Å²) in [5.41, 5.74) is -7.50. The molecule has 11 unspecified atom stereocenters. The van der Waals surface area contributed by atoms with E-state index < -0.39 is 47.2 Å². The fourth-order valence-electron chi connectivity index (χ4n) is 7.55. The van der Waals surface area contributed by atoms with Crippen LogP contribution in [-0.4, -0.2) is 50.7 Å². The van der Waals surface area contributed by atoms with E-state index >= 15 is 0 Å². The van der Waals surface area contributed by atoms with Crippen LogP contribution in [-0.2, 0) is 0 Å². The highest BCUT2D eigenvalue weighted by Crippen LogP contribution is 2.54. The van der Waals surface area contributed by atoms with Crippen molar-refractivity contribution in [2.75, 3.05) is 0 Å². The minimum absolute atomic E-state index is 0.00313. The first-order chi connectivity index (χ1) is 18.5. The molecule has 0 radical (unpaired) electrons. The molecule has 3 fully saturated rings. The van der Waals surface area contributed by atoms with Gasteiger partial charge in [-0.2, -0.15) is 39.5 Å². The average Bonchev–Trinajstić information content (AvgIpc) is 3.66. The number of rotatable bonds is 3. The van der Waals surface area contributed by atoms with Gasteiger partial charge in [-0.05, 0) is 94.3 Å². The molecule has 0 aromatic heterocycles. The Hall–Kier alpha value is -1.53. The first-order valence-electron chi connectivity index (χ1n) is 14.0. The summed E-state index contributed by atoms with van der Waals surface area (Å²) in [7, 11) is 0. The molecule has 3 N–H and O–H groups in total. The summed E-state index contributed by atoms with van der Waals surface area (Å²) in [5, 5.41) is 28.2. The Morgan fingerprint density at radius 3 is 1.51 bits per heavy atom. The Morgan fingerprint density at radius 2 is 1.20 bits per heavy atom. The van der Waals surface area contributed by atoms with Crippen molar-refractivity contribution in [3.8, 4) is 0 Å². The molecule has 0 aromatic rings. The SMILES string of the molecule is CC(O)(C1CC2C=CC1C2)C(F)(F)F.CC(O)(CC1CC2C=CC1C2)C(F)(F)F.OC1(C(F)(F)F)CC2C=CC1C2. The topological polar surface area (TPSA) is 60.7 Å². The van der Waals surface area contributed by atoms with Gasteiger partial charge in [-0.1, -0.05) is 36.5 Å². The van der Waals surface area contributed by atoms with Gasteiger partial charge in [-0.15, -0.1) is 0 Å². The lowest BCUT2D eigenvalue weighted by Crippen LogP contribution is -2.50. The minimum Gasteiger partial charge on any atom is -0.381 e. The number of allylic oxidation sites excluding steroid dienone is 5. The van der Waals surface area contributed by atoms with E-state index in [0.29, 0.717) is 18.8 Å². The smallest absolute Gasteiger partial charge is 0.381 e. The zero-order chi connectivity index (χ0) is 30.8. The summed E-state index contributed by atoms with van der Waals surface area (Å²) in [5.74, 6) is -0.568. The highest BCUT2D eigenvalue weighted by Gasteiger charge is 2.63. The van der Waals surface area contributed by atoms with Crippen molar-refractivity contribution in [3.05, 3.63) is 36.5 Å². The van der Waals surface area contributed by atoms with Gasteiger partial charge < -0.3 is 15.3 Å². The average molecular weight is 605 g/mol. The molecule has 12 heteroatoms. The second kappa shape index (κ2) is 10.6. The van der Waals surface area contributed by atoms with Gasteiger partial charge in [-0.3, -0.25) is 0 Å². The zero-order valence-corrected chi connectivity index (χ0v) is 22.8. The molecule has 3 nitrogen and oxygen atoms in total. The lowest BCUT2D eigenvalue weighted by molar-refractivity contribution is -0.274. The molecule has 3 saturated carbocycles. The van der Waals surface area contributed by atoms with Crippen molar-refractivity contribution in [1.82, 2.24) is 0 Å². The molecule has 6 aliphatic rings. The molecule has 0 amide bonds. The molecule has 0 aromatic carbocycles. The standard InChI is InChI=1S/C11H15F3O.C10H13F3O.C8H9F3O/c1-10(15,11(12,13)14)6-9-5-7-2-3-8(9)4-7;1-9(14,10(11,12)13)8-5-6-2-3-7(8)4-6;9-8(10,11)7(12)4-5-1-2-6(7)3-5/h2-3,7-9,15H,4-6H2,1H3;2-3,6-8,14H,4-5H2,1H3;1-2,5-6,12H,3-4H2. The summed E-state index contributed by atoms with van der Waals surface area (Å²) in [6.07, 6.45) is 0.770. The van der Waals surface area contributed by atoms with Gasteiger partial charge in [0.25, 0.3) is 0 Å². The van der Waals surface area contributed by atoms with E-state index in [0.717, 1.165) is 33.1 Å². The molecule has 0 spiro atoms. The second-order valence-corrected chi connectivity index (χ2v) is 13.2. The van der Waals surface area contributed by atoms with E-state index in [4.69, 9.17) is 0 Å². The molecule has 0 aliphatic heterocycles. The van der Waals surface area contributed by atoms with Crippen LogP contribution in [0.15, 0.2) is 36.5 Å². The summed E-state index contributed by atoms with van der Waals surface area (Å²) < 4.78 is 112. The van der Waals surface area contributed by atoms with Crippen LogP contribution in [0, 0.1) is 47.3 Å². The quantitative estimate of drug-likeness (QED) is 0.234. The number of aliphatic hydroxyl groups is 3. The van der Waals surface area contributed by atoms with Gasteiger partial charge in [-0.25, -0.2) is 0 Å². The van der Waals surface area contributed by atoms with Crippen LogP contribution in [0.25, 0.3) is 0 Å². The maximum Gasteiger partial charge on any atom is 0.417 e. The Kier molecular flexibility index (Phi) is 8.35. The van der Waals surface area contributed by atoms with E-state index in [2.05, 4.69) is 6.08 Å². The monoisotopic (exact) mass is 604 g/mol. The Balaban J connectivity index is 0.000000142. The van der Waals surface area contributed by atoms with Gasteiger partial charge >= 0.3 is 18.5 Å². The molecule has 6 aliphatic carbocycles. The van der Waals surface area contributed by atoms with E-state index in [1.807, 2.05) is 18.2 Å². The van der Waals surface area contributed by atoms with Crippen molar-refractivity contribution in [2.24, 2.45) is 47.3 Å². The predicted octanol–water partition coefficient (Wildman–Crippen LogP) is 7.29. The van der Waals surface area contributed by atoms with Crippen molar-refractivity contribution >= 4 is 0 Å². The van der Waals surface area contributed by atoms with Crippen molar-refractivity contribution < 1.29 is 54.8 Å². The number of alkyl halides is 9. The summed E-state index contributed by atoms with van der Waals surface area (Å²) in [4.78, 5) is 0. The highest BCUT2D eigenvalue weighted by atomic mass is 19.4. The third-order valence-corrected chi connectivity index (χ3v) is 10.1. The van der Waals surface area contributed by atoms with Crippen LogP contribution in [0.2, 0.25) is 0 Å². The number of hydrogen-bond donors (Lipinski definition) is 3. The lowest BCUT2D eigenvalue weighted by Gasteiger charge is -2.35. The van der Waals surface area contributed by atoms with E-state index in [-0.39, 0.29) is 42.4 Å². The highest BCUT2D eigenvalue weighted by molar-refractivity contribution is 5.19. The van der Waals surface area contributed by atoms with Crippen LogP contribution in [0.5, 0.6) is 0 Å². The maximum atomic E-state index is 12.5. The number of hydrogen-bond acceptors (Lipinski definition) is 3. The van der Waals surface area contributed by atoms with Gasteiger partial charge in [0.15, 0.2) is 16.8 Å². The Morgan fingerprint density at radius 1 is 0.659 bits per heavy atom. The zero-order valence-electron chi connectivity index (χ0n) is 22.8. The van der Waals surface area contributed by atoms with Gasteiger partial charge in [0, 0.05) is 11.8 Å².